The first-order valence-electron chi connectivity index (χ1n) is 5.81. The fourth-order valence-corrected chi connectivity index (χ4v) is 1.82. The van der Waals surface area contributed by atoms with Crippen LogP contribution in [0.4, 0.5) is 11.5 Å². The van der Waals surface area contributed by atoms with Crippen LogP contribution in [0.15, 0.2) is 30.5 Å². The second-order valence-electron chi connectivity index (χ2n) is 4.16. The van der Waals surface area contributed by atoms with E-state index in [9.17, 15) is 4.79 Å². The van der Waals surface area contributed by atoms with Gasteiger partial charge in [0.15, 0.2) is 0 Å². The van der Waals surface area contributed by atoms with Crippen LogP contribution in [0.2, 0.25) is 5.02 Å². The molecule has 0 amide bonds. The number of aryl methyl sites for hydroxylation is 1. The highest BCUT2D eigenvalue weighted by Gasteiger charge is 2.08. The Hall–Kier alpha value is -2.27. The third kappa shape index (κ3) is 3.00. The first-order valence-corrected chi connectivity index (χ1v) is 6.19. The van der Waals surface area contributed by atoms with Gasteiger partial charge in [0.1, 0.15) is 11.6 Å². The summed E-state index contributed by atoms with van der Waals surface area (Å²) < 4.78 is 5.25. The molecule has 0 saturated heterocycles. The third-order valence-corrected chi connectivity index (χ3v) is 3.16. The van der Waals surface area contributed by atoms with Crippen molar-refractivity contribution in [2.24, 2.45) is 0 Å². The van der Waals surface area contributed by atoms with Gasteiger partial charge in [-0.2, -0.15) is 0 Å². The van der Waals surface area contributed by atoms with Crippen molar-refractivity contribution in [2.75, 3.05) is 12.4 Å². The van der Waals surface area contributed by atoms with Crippen molar-refractivity contribution in [1.29, 1.82) is 0 Å². The average Bonchev–Trinajstić information content (AvgIpc) is 2.43. The molecular formula is C14H13ClN2O3. The lowest BCUT2D eigenvalue weighted by atomic mass is 10.2. The summed E-state index contributed by atoms with van der Waals surface area (Å²) in [7, 11) is 1.55. The van der Waals surface area contributed by atoms with Crippen LogP contribution in [0.25, 0.3) is 0 Å². The lowest BCUT2D eigenvalue weighted by Crippen LogP contribution is -2.00. The summed E-state index contributed by atoms with van der Waals surface area (Å²) in [6.45, 7) is 1.88. The van der Waals surface area contributed by atoms with Crippen LogP contribution in [0.5, 0.6) is 5.75 Å². The minimum atomic E-state index is -1.01. The Kier molecular flexibility index (Phi) is 4.10. The summed E-state index contributed by atoms with van der Waals surface area (Å²) in [6, 6.07) is 6.62. The quantitative estimate of drug-likeness (QED) is 0.902. The number of aromatic carboxylic acids is 1. The Morgan fingerprint density at radius 2 is 2.15 bits per heavy atom. The lowest BCUT2D eigenvalue weighted by molar-refractivity contribution is 0.0696. The predicted molar refractivity (Wildman–Crippen MR) is 77.2 cm³/mol. The number of pyridine rings is 1. The van der Waals surface area contributed by atoms with Crippen LogP contribution in [-0.4, -0.2) is 23.2 Å². The molecule has 0 spiro atoms. The minimum absolute atomic E-state index is 0.134. The minimum Gasteiger partial charge on any atom is -0.495 e. The maximum absolute atomic E-state index is 10.8. The van der Waals surface area contributed by atoms with E-state index in [1.54, 1.807) is 19.2 Å². The number of aromatic nitrogens is 1. The van der Waals surface area contributed by atoms with E-state index in [1.807, 2.05) is 13.0 Å². The van der Waals surface area contributed by atoms with Crippen LogP contribution in [0.1, 0.15) is 15.9 Å². The van der Waals surface area contributed by atoms with Gasteiger partial charge in [-0.1, -0.05) is 11.6 Å². The number of nitrogens with one attached hydrogen (secondary N) is 1. The number of hydrogen-bond donors (Lipinski definition) is 2. The largest absolute Gasteiger partial charge is 0.495 e. The third-order valence-electron chi connectivity index (χ3n) is 2.75. The number of carbonyl (C=O) groups is 1. The standard InChI is InChI=1S/C14H13ClN2O3/c1-8-5-11(12(20-2)6-10(8)15)17-13-4-3-9(7-16-13)14(18)19/h3-7H,1-2H3,(H,16,17)(H,18,19). The van der Waals surface area contributed by atoms with E-state index in [1.165, 1.54) is 12.3 Å². The highest BCUT2D eigenvalue weighted by Crippen LogP contribution is 2.32. The van der Waals surface area contributed by atoms with Gasteiger partial charge in [-0.15, -0.1) is 0 Å². The number of anilines is 2. The predicted octanol–water partition coefficient (Wildman–Crippen LogP) is 3.49. The molecule has 0 aliphatic carbocycles. The van der Waals surface area contributed by atoms with Gasteiger partial charge >= 0.3 is 5.97 Å². The molecule has 0 unspecified atom stereocenters. The number of methoxy groups -OCH3 is 1. The molecule has 0 saturated carbocycles. The maximum Gasteiger partial charge on any atom is 0.337 e. The SMILES string of the molecule is COc1cc(Cl)c(C)cc1Nc1ccc(C(=O)O)cn1. The van der Waals surface area contributed by atoms with Gasteiger partial charge in [0.05, 0.1) is 18.4 Å². The van der Waals surface area contributed by atoms with Crippen LogP contribution in [-0.2, 0) is 0 Å². The summed E-state index contributed by atoms with van der Waals surface area (Å²) in [4.78, 5) is 14.8. The molecular weight excluding hydrogens is 280 g/mol. The Morgan fingerprint density at radius 3 is 2.70 bits per heavy atom. The van der Waals surface area contributed by atoms with E-state index in [-0.39, 0.29) is 5.56 Å². The van der Waals surface area contributed by atoms with Crippen molar-refractivity contribution >= 4 is 29.1 Å². The Labute approximate surface area is 121 Å². The zero-order chi connectivity index (χ0) is 14.7. The first kappa shape index (κ1) is 14.1. The monoisotopic (exact) mass is 292 g/mol. The molecule has 0 aliphatic rings. The van der Waals surface area contributed by atoms with Gasteiger partial charge in [0.25, 0.3) is 0 Å². The van der Waals surface area contributed by atoms with E-state index in [2.05, 4.69) is 10.3 Å². The van der Waals surface area contributed by atoms with E-state index in [4.69, 9.17) is 21.4 Å². The molecule has 2 aromatic rings. The summed E-state index contributed by atoms with van der Waals surface area (Å²) in [5.74, 6) is 0.101. The Morgan fingerprint density at radius 1 is 1.40 bits per heavy atom. The van der Waals surface area contributed by atoms with E-state index >= 15 is 0 Å². The van der Waals surface area contributed by atoms with Crippen molar-refractivity contribution in [3.05, 3.63) is 46.6 Å². The summed E-state index contributed by atoms with van der Waals surface area (Å²) in [5.41, 5.74) is 1.75. The number of carboxylic acids is 1. The normalized spacial score (nSPS) is 10.2. The molecule has 0 aliphatic heterocycles. The fourth-order valence-electron chi connectivity index (χ4n) is 1.66. The summed E-state index contributed by atoms with van der Waals surface area (Å²) in [6.07, 6.45) is 1.29. The van der Waals surface area contributed by atoms with E-state index in [0.29, 0.717) is 22.3 Å². The van der Waals surface area contributed by atoms with E-state index < -0.39 is 5.97 Å². The van der Waals surface area contributed by atoms with Crippen molar-refractivity contribution < 1.29 is 14.6 Å². The fraction of sp³-hybridized carbons (Fsp3) is 0.143. The van der Waals surface area contributed by atoms with Crippen LogP contribution in [0.3, 0.4) is 0 Å². The van der Waals surface area contributed by atoms with Gasteiger partial charge in [-0.3, -0.25) is 0 Å². The van der Waals surface area contributed by atoms with Gasteiger partial charge in [0.2, 0.25) is 0 Å². The van der Waals surface area contributed by atoms with E-state index in [0.717, 1.165) is 5.56 Å². The van der Waals surface area contributed by atoms with Crippen LogP contribution >= 0.6 is 11.6 Å². The second kappa shape index (κ2) is 5.79. The molecule has 0 bridgehead atoms. The van der Waals surface area contributed by atoms with Crippen molar-refractivity contribution in [3.63, 3.8) is 0 Å². The Balaban J connectivity index is 2.29. The van der Waals surface area contributed by atoms with Crippen molar-refractivity contribution in [2.45, 2.75) is 6.92 Å². The molecule has 0 radical (unpaired) electrons. The zero-order valence-corrected chi connectivity index (χ0v) is 11.7. The topological polar surface area (TPSA) is 71.5 Å². The average molecular weight is 293 g/mol. The number of benzene rings is 1. The van der Waals surface area contributed by atoms with Gasteiger partial charge in [-0.25, -0.2) is 9.78 Å². The second-order valence-corrected chi connectivity index (χ2v) is 4.57. The maximum atomic E-state index is 10.8. The van der Waals surface area contributed by atoms with Crippen molar-refractivity contribution in [1.82, 2.24) is 4.98 Å². The number of ether oxygens (including phenoxy) is 1. The van der Waals surface area contributed by atoms with Gasteiger partial charge < -0.3 is 15.2 Å². The number of carboxylic acid groups (broad SMARTS) is 1. The van der Waals surface area contributed by atoms with Gasteiger partial charge in [0, 0.05) is 17.3 Å². The molecule has 5 nitrogen and oxygen atoms in total. The summed E-state index contributed by atoms with van der Waals surface area (Å²) in [5, 5.41) is 12.5. The van der Waals surface area contributed by atoms with Gasteiger partial charge in [-0.05, 0) is 30.7 Å². The number of hydrogen-bond acceptors (Lipinski definition) is 4. The smallest absolute Gasteiger partial charge is 0.337 e. The lowest BCUT2D eigenvalue weighted by Gasteiger charge is -2.12. The number of rotatable bonds is 4. The number of nitrogens with zero attached hydrogens (tertiary/aromatic N) is 1. The molecule has 6 heteroatoms. The molecule has 2 rings (SSSR count). The zero-order valence-electron chi connectivity index (χ0n) is 11.0. The highest BCUT2D eigenvalue weighted by molar-refractivity contribution is 6.31. The first-order chi connectivity index (χ1) is 9.51. The summed E-state index contributed by atoms with van der Waals surface area (Å²) >= 11 is 6.03. The Bertz CT molecular complexity index is 642. The molecule has 2 N–H and O–H groups in total. The molecule has 1 aromatic heterocycles. The van der Waals surface area contributed by atoms with Crippen LogP contribution in [0, 0.1) is 6.92 Å². The molecule has 0 fully saturated rings. The van der Waals surface area contributed by atoms with Crippen LogP contribution < -0.4 is 10.1 Å². The van der Waals surface area contributed by atoms with Crippen molar-refractivity contribution in [3.8, 4) is 5.75 Å². The molecule has 0 atom stereocenters. The highest BCUT2D eigenvalue weighted by atomic mass is 35.5. The molecule has 1 aromatic carbocycles. The molecule has 1 heterocycles. The molecule has 104 valence electrons. The number of halogens is 1. The molecule has 20 heavy (non-hydrogen) atoms.